The first kappa shape index (κ1) is 17.4. The highest BCUT2D eigenvalue weighted by Gasteiger charge is 2.16. The maximum atomic E-state index is 11.5. The summed E-state index contributed by atoms with van der Waals surface area (Å²) in [6.45, 7) is 5.11. The molecule has 0 unspecified atom stereocenters. The number of nitrogens with zero attached hydrogens (tertiary/aromatic N) is 1. The lowest BCUT2D eigenvalue weighted by Crippen LogP contribution is -2.25. The van der Waals surface area contributed by atoms with Gasteiger partial charge in [-0.3, -0.25) is 20.2 Å². The number of nitro benzene ring substituents is 1. The first-order valence-corrected chi connectivity index (χ1v) is 6.57. The topological polar surface area (TPSA) is 108 Å². The van der Waals surface area contributed by atoms with Crippen molar-refractivity contribution in [3.63, 3.8) is 0 Å². The van der Waals surface area contributed by atoms with E-state index in [4.69, 9.17) is 9.47 Å². The SMILES string of the molecule is CC(C)(C)OC(=O)CCOC(=O)Nc1ccc([N+](=O)[O-])cc1. The zero-order valence-electron chi connectivity index (χ0n) is 12.6. The highest BCUT2D eigenvalue weighted by molar-refractivity contribution is 5.84. The van der Waals surface area contributed by atoms with Gasteiger partial charge in [0.25, 0.3) is 5.69 Å². The number of esters is 1. The van der Waals surface area contributed by atoms with Crippen LogP contribution in [0.1, 0.15) is 27.2 Å². The number of amides is 1. The average Bonchev–Trinajstić information content (AvgIpc) is 2.37. The van der Waals surface area contributed by atoms with E-state index in [0.717, 1.165) is 0 Å². The van der Waals surface area contributed by atoms with Crippen molar-refractivity contribution in [1.82, 2.24) is 0 Å². The van der Waals surface area contributed by atoms with Crippen LogP contribution in [-0.4, -0.2) is 29.2 Å². The van der Waals surface area contributed by atoms with Crippen LogP contribution in [-0.2, 0) is 14.3 Å². The third kappa shape index (κ3) is 6.69. The van der Waals surface area contributed by atoms with Crippen molar-refractivity contribution in [3.05, 3.63) is 34.4 Å². The Morgan fingerprint density at radius 2 is 1.82 bits per heavy atom. The number of benzene rings is 1. The zero-order valence-corrected chi connectivity index (χ0v) is 12.6. The second kappa shape index (κ2) is 7.39. The Morgan fingerprint density at radius 3 is 2.32 bits per heavy atom. The van der Waals surface area contributed by atoms with Crippen LogP contribution in [0.5, 0.6) is 0 Å². The van der Waals surface area contributed by atoms with Gasteiger partial charge in [-0.15, -0.1) is 0 Å². The van der Waals surface area contributed by atoms with Gasteiger partial charge in [0.2, 0.25) is 0 Å². The van der Waals surface area contributed by atoms with Gasteiger partial charge in [0.05, 0.1) is 11.3 Å². The van der Waals surface area contributed by atoms with Crippen LogP contribution in [0.3, 0.4) is 0 Å². The zero-order chi connectivity index (χ0) is 16.8. The van der Waals surface area contributed by atoms with Crippen molar-refractivity contribution >= 4 is 23.4 Å². The molecule has 0 aliphatic rings. The molecule has 1 N–H and O–H groups in total. The smallest absolute Gasteiger partial charge is 0.411 e. The van der Waals surface area contributed by atoms with Gasteiger partial charge in [0.15, 0.2) is 0 Å². The molecule has 0 bridgehead atoms. The van der Waals surface area contributed by atoms with Gasteiger partial charge < -0.3 is 9.47 Å². The molecule has 0 atom stereocenters. The molecule has 0 spiro atoms. The highest BCUT2D eigenvalue weighted by atomic mass is 16.6. The summed E-state index contributed by atoms with van der Waals surface area (Å²) in [4.78, 5) is 32.8. The van der Waals surface area contributed by atoms with Crippen molar-refractivity contribution in [2.75, 3.05) is 11.9 Å². The third-order valence-electron chi connectivity index (χ3n) is 2.28. The Morgan fingerprint density at radius 1 is 1.23 bits per heavy atom. The number of anilines is 1. The minimum atomic E-state index is -0.752. The molecule has 0 heterocycles. The highest BCUT2D eigenvalue weighted by Crippen LogP contribution is 2.15. The Kier molecular flexibility index (Phi) is 5.85. The fourth-order valence-corrected chi connectivity index (χ4v) is 1.44. The molecule has 0 aliphatic heterocycles. The molecular formula is C14H18N2O6. The second-order valence-electron chi connectivity index (χ2n) is 5.40. The van der Waals surface area contributed by atoms with Crippen molar-refractivity contribution < 1.29 is 24.0 Å². The van der Waals surface area contributed by atoms with Crippen LogP contribution in [0.4, 0.5) is 16.2 Å². The molecule has 0 aromatic heterocycles. The molecule has 1 rings (SSSR count). The monoisotopic (exact) mass is 310 g/mol. The molecule has 1 aromatic carbocycles. The predicted octanol–water partition coefficient (Wildman–Crippen LogP) is 2.88. The quantitative estimate of drug-likeness (QED) is 0.509. The fourth-order valence-electron chi connectivity index (χ4n) is 1.44. The van der Waals surface area contributed by atoms with E-state index in [0.29, 0.717) is 5.69 Å². The summed E-state index contributed by atoms with van der Waals surface area (Å²) >= 11 is 0. The van der Waals surface area contributed by atoms with Crippen LogP contribution in [0, 0.1) is 10.1 Å². The van der Waals surface area contributed by atoms with Crippen molar-refractivity contribution in [2.24, 2.45) is 0 Å². The Balaban J connectivity index is 2.34. The summed E-state index contributed by atoms with van der Waals surface area (Å²) in [5.74, 6) is -0.462. The van der Waals surface area contributed by atoms with E-state index in [1.165, 1.54) is 24.3 Å². The van der Waals surface area contributed by atoms with Gasteiger partial charge in [-0.25, -0.2) is 4.79 Å². The molecule has 8 heteroatoms. The van der Waals surface area contributed by atoms with E-state index in [2.05, 4.69) is 5.32 Å². The van der Waals surface area contributed by atoms with E-state index in [-0.39, 0.29) is 18.7 Å². The molecule has 8 nitrogen and oxygen atoms in total. The average molecular weight is 310 g/mol. The van der Waals surface area contributed by atoms with Gasteiger partial charge in [0, 0.05) is 17.8 Å². The molecule has 120 valence electrons. The summed E-state index contributed by atoms with van der Waals surface area (Å²) < 4.78 is 9.88. The molecule has 0 saturated carbocycles. The second-order valence-corrected chi connectivity index (χ2v) is 5.40. The number of carbonyl (C=O) groups excluding carboxylic acids is 2. The molecule has 0 saturated heterocycles. The molecule has 0 radical (unpaired) electrons. The van der Waals surface area contributed by atoms with Crippen molar-refractivity contribution in [2.45, 2.75) is 32.8 Å². The minimum Gasteiger partial charge on any atom is -0.460 e. The van der Waals surface area contributed by atoms with E-state index < -0.39 is 22.6 Å². The number of non-ortho nitro benzene ring substituents is 1. The van der Waals surface area contributed by atoms with Crippen LogP contribution in [0.2, 0.25) is 0 Å². The summed E-state index contributed by atoms with van der Waals surface area (Å²) in [6.07, 6.45) is -0.803. The lowest BCUT2D eigenvalue weighted by molar-refractivity contribution is -0.384. The van der Waals surface area contributed by atoms with Crippen LogP contribution in [0.25, 0.3) is 0 Å². The summed E-state index contributed by atoms with van der Waals surface area (Å²) in [5.41, 5.74) is -0.310. The van der Waals surface area contributed by atoms with Crippen molar-refractivity contribution in [1.29, 1.82) is 0 Å². The van der Waals surface area contributed by atoms with Gasteiger partial charge in [-0.05, 0) is 32.9 Å². The summed E-state index contributed by atoms with van der Waals surface area (Å²) in [5, 5.41) is 12.9. The normalized spacial score (nSPS) is 10.7. The van der Waals surface area contributed by atoms with E-state index >= 15 is 0 Å². The van der Waals surface area contributed by atoms with Crippen molar-refractivity contribution in [3.8, 4) is 0 Å². The molecule has 1 amide bonds. The van der Waals surface area contributed by atoms with E-state index in [1.54, 1.807) is 20.8 Å². The Bertz CT molecular complexity index is 547. The van der Waals surface area contributed by atoms with Crippen LogP contribution < -0.4 is 5.32 Å². The molecule has 0 fully saturated rings. The van der Waals surface area contributed by atoms with Crippen LogP contribution in [0.15, 0.2) is 24.3 Å². The van der Waals surface area contributed by atoms with Crippen LogP contribution >= 0.6 is 0 Å². The standard InChI is InChI=1S/C14H18N2O6/c1-14(2,3)22-12(17)8-9-21-13(18)15-10-4-6-11(7-5-10)16(19)20/h4-7H,8-9H2,1-3H3,(H,15,18). The maximum absolute atomic E-state index is 11.5. The number of hydrogen-bond donors (Lipinski definition) is 1. The number of ether oxygens (including phenoxy) is 2. The number of nitro groups is 1. The molecule has 22 heavy (non-hydrogen) atoms. The Hall–Kier alpha value is -2.64. The van der Waals surface area contributed by atoms with Gasteiger partial charge in [-0.2, -0.15) is 0 Å². The van der Waals surface area contributed by atoms with E-state index in [9.17, 15) is 19.7 Å². The number of nitrogens with one attached hydrogen (secondary N) is 1. The number of rotatable bonds is 5. The van der Waals surface area contributed by atoms with Gasteiger partial charge in [-0.1, -0.05) is 0 Å². The number of hydrogen-bond acceptors (Lipinski definition) is 6. The van der Waals surface area contributed by atoms with Gasteiger partial charge in [0.1, 0.15) is 12.2 Å². The maximum Gasteiger partial charge on any atom is 0.411 e. The molecule has 0 aliphatic carbocycles. The lowest BCUT2D eigenvalue weighted by Gasteiger charge is -2.19. The fraction of sp³-hybridized carbons (Fsp3) is 0.429. The first-order chi connectivity index (χ1) is 10.2. The third-order valence-corrected chi connectivity index (χ3v) is 2.28. The van der Waals surface area contributed by atoms with Gasteiger partial charge >= 0.3 is 12.1 Å². The Labute approximate surface area is 127 Å². The number of carbonyl (C=O) groups is 2. The molecular weight excluding hydrogens is 292 g/mol. The summed E-state index contributed by atoms with van der Waals surface area (Å²) in [6, 6.07) is 5.28. The predicted molar refractivity (Wildman–Crippen MR) is 78.5 cm³/mol. The summed E-state index contributed by atoms with van der Waals surface area (Å²) in [7, 11) is 0. The largest absolute Gasteiger partial charge is 0.460 e. The van der Waals surface area contributed by atoms with E-state index in [1.807, 2.05) is 0 Å². The first-order valence-electron chi connectivity index (χ1n) is 6.57. The minimum absolute atomic E-state index is 0.0506. The molecule has 1 aromatic rings. The lowest BCUT2D eigenvalue weighted by atomic mass is 10.2.